The molecule has 0 saturated carbocycles. The molecule has 0 atom stereocenters. The van der Waals surface area contributed by atoms with E-state index < -0.39 is 35.3 Å². The van der Waals surface area contributed by atoms with Crippen molar-refractivity contribution in [2.24, 2.45) is 0 Å². The highest BCUT2D eigenvalue weighted by molar-refractivity contribution is 8.18. The van der Waals surface area contributed by atoms with Crippen LogP contribution in [0.4, 0.5) is 14.9 Å². The van der Waals surface area contributed by atoms with E-state index in [-0.39, 0.29) is 15.9 Å². The summed E-state index contributed by atoms with van der Waals surface area (Å²) in [6, 6.07) is 17.4. The van der Waals surface area contributed by atoms with Gasteiger partial charge >= 0.3 is 0 Å². The molecule has 1 saturated heterocycles. The van der Waals surface area contributed by atoms with Crippen LogP contribution < -0.4 is 14.8 Å². The first kappa shape index (κ1) is 27.1. The first-order valence-electron chi connectivity index (χ1n) is 12.0. The molecule has 1 fully saturated rings. The molecule has 0 aliphatic carbocycles. The number of fused-ring (bicyclic) bond motifs is 1. The third-order valence-corrected chi connectivity index (χ3v) is 6.81. The van der Waals surface area contributed by atoms with Gasteiger partial charge in [0, 0.05) is 11.3 Å². The van der Waals surface area contributed by atoms with Gasteiger partial charge < -0.3 is 14.8 Å². The first-order valence-corrected chi connectivity index (χ1v) is 13.2. The highest BCUT2D eigenvalue weighted by Crippen LogP contribution is 2.38. The Bertz CT molecular complexity index is 1660. The van der Waals surface area contributed by atoms with Crippen molar-refractivity contribution in [2.75, 3.05) is 18.5 Å². The predicted octanol–water partition coefficient (Wildman–Crippen LogP) is 6.29. The zero-order valence-electron chi connectivity index (χ0n) is 20.9. The van der Waals surface area contributed by atoms with Gasteiger partial charge in [0.15, 0.2) is 0 Å². The lowest BCUT2D eigenvalue weighted by Gasteiger charge is -2.13. The predicted molar refractivity (Wildman–Crippen MR) is 150 cm³/mol. The van der Waals surface area contributed by atoms with Crippen molar-refractivity contribution >= 4 is 63.0 Å². The van der Waals surface area contributed by atoms with Crippen molar-refractivity contribution in [3.05, 3.63) is 88.4 Å². The Morgan fingerprint density at radius 3 is 2.67 bits per heavy atom. The van der Waals surface area contributed by atoms with Gasteiger partial charge in [-0.3, -0.25) is 19.3 Å². The Balaban J connectivity index is 1.40. The van der Waals surface area contributed by atoms with Gasteiger partial charge in [-0.25, -0.2) is 4.98 Å². The summed E-state index contributed by atoms with van der Waals surface area (Å²) in [5, 5.41) is 3.36. The average molecular weight is 579 g/mol. The summed E-state index contributed by atoms with van der Waals surface area (Å²) in [6.45, 7) is 1.90. The number of aromatic nitrogens is 2. The van der Waals surface area contributed by atoms with Gasteiger partial charge in [-0.2, -0.15) is 9.37 Å². The summed E-state index contributed by atoms with van der Waals surface area (Å²) in [7, 11) is 0. The van der Waals surface area contributed by atoms with Gasteiger partial charge in [0.1, 0.15) is 18.0 Å². The van der Waals surface area contributed by atoms with Gasteiger partial charge in [0.05, 0.1) is 17.7 Å². The van der Waals surface area contributed by atoms with E-state index in [0.29, 0.717) is 40.8 Å². The fourth-order valence-electron chi connectivity index (χ4n) is 3.93. The molecule has 1 aliphatic rings. The van der Waals surface area contributed by atoms with E-state index in [1.54, 1.807) is 48.5 Å². The minimum atomic E-state index is -0.831. The van der Waals surface area contributed by atoms with Crippen LogP contribution >= 0.6 is 23.4 Å². The number of anilines is 1. The van der Waals surface area contributed by atoms with E-state index >= 15 is 0 Å². The Morgan fingerprint density at radius 1 is 1.12 bits per heavy atom. The normalized spacial score (nSPS) is 14.2. The third-order valence-electron chi connectivity index (χ3n) is 5.72. The molecule has 202 valence electrons. The zero-order valence-corrected chi connectivity index (χ0v) is 22.5. The lowest BCUT2D eigenvalue weighted by atomic mass is 10.0. The molecular weight excluding hydrogens is 559 g/mol. The van der Waals surface area contributed by atoms with Crippen LogP contribution in [0.5, 0.6) is 17.4 Å². The number of hydrogen-bond donors (Lipinski definition) is 1. The van der Waals surface area contributed by atoms with Crippen LogP contribution in [0.2, 0.25) is 5.28 Å². The lowest BCUT2D eigenvalue weighted by Crippen LogP contribution is -2.36. The molecule has 2 heterocycles. The maximum Gasteiger partial charge on any atom is 0.294 e. The fourth-order valence-corrected chi connectivity index (χ4v) is 4.88. The largest absolute Gasteiger partial charge is 0.494 e. The van der Waals surface area contributed by atoms with Crippen molar-refractivity contribution in [1.29, 1.82) is 0 Å². The number of ether oxygens (including phenoxy) is 2. The van der Waals surface area contributed by atoms with Crippen LogP contribution in [-0.2, 0) is 9.59 Å². The topological polar surface area (TPSA) is 111 Å². The van der Waals surface area contributed by atoms with Gasteiger partial charge in [0.25, 0.3) is 17.0 Å². The molecule has 0 unspecified atom stereocenters. The summed E-state index contributed by atoms with van der Waals surface area (Å²) in [6.07, 6.45) is 2.36. The maximum atomic E-state index is 14.3. The molecular formula is C28H20ClFN4O5S. The Labute approximate surface area is 237 Å². The molecule has 1 aliphatic heterocycles. The molecule has 5 rings (SSSR count). The number of rotatable bonds is 8. The maximum absolute atomic E-state index is 14.3. The quantitative estimate of drug-likeness (QED) is 0.192. The van der Waals surface area contributed by atoms with Crippen LogP contribution in [0.15, 0.2) is 71.8 Å². The average Bonchev–Trinajstić information content (AvgIpc) is 3.20. The molecule has 1 N–H and O–H groups in total. The molecule has 0 bridgehead atoms. The molecule has 3 amide bonds. The number of halogens is 2. The molecule has 40 heavy (non-hydrogen) atoms. The molecule has 0 radical (unpaired) electrons. The van der Waals surface area contributed by atoms with Gasteiger partial charge in [-0.05, 0) is 77.5 Å². The zero-order chi connectivity index (χ0) is 28.2. The second kappa shape index (κ2) is 11.7. The third kappa shape index (κ3) is 5.90. The summed E-state index contributed by atoms with van der Waals surface area (Å²) < 4.78 is 25.4. The number of hydrogen-bond acceptors (Lipinski definition) is 8. The number of carbonyl (C=O) groups is 3. The molecule has 12 heteroatoms. The molecule has 4 aromatic rings. The number of imide groups is 1. The number of carbonyl (C=O) groups excluding carboxylic acids is 3. The smallest absolute Gasteiger partial charge is 0.294 e. The van der Waals surface area contributed by atoms with Gasteiger partial charge in [-0.1, -0.05) is 30.3 Å². The van der Waals surface area contributed by atoms with Crippen molar-refractivity contribution in [2.45, 2.75) is 6.92 Å². The Morgan fingerprint density at radius 2 is 1.90 bits per heavy atom. The van der Waals surface area contributed by atoms with E-state index in [9.17, 15) is 18.8 Å². The molecule has 1 aromatic heterocycles. The summed E-state index contributed by atoms with van der Waals surface area (Å²) in [4.78, 5) is 46.9. The van der Waals surface area contributed by atoms with Crippen molar-refractivity contribution < 1.29 is 28.2 Å². The molecule has 3 aromatic carbocycles. The van der Waals surface area contributed by atoms with E-state index in [0.717, 1.165) is 16.5 Å². The summed E-state index contributed by atoms with van der Waals surface area (Å²) in [5.41, 5.74) is 0.905. The van der Waals surface area contributed by atoms with Crippen molar-refractivity contribution in [3.8, 4) is 17.4 Å². The van der Waals surface area contributed by atoms with E-state index in [1.807, 2.05) is 19.1 Å². The van der Waals surface area contributed by atoms with Crippen LogP contribution in [0.3, 0.4) is 0 Å². The van der Waals surface area contributed by atoms with Gasteiger partial charge in [-0.15, -0.1) is 0 Å². The molecule has 0 spiro atoms. The lowest BCUT2D eigenvalue weighted by molar-refractivity contribution is -0.127. The first-order chi connectivity index (χ1) is 19.3. The monoisotopic (exact) mass is 578 g/mol. The number of amides is 3. The molecule has 9 nitrogen and oxygen atoms in total. The van der Waals surface area contributed by atoms with E-state index in [4.69, 9.17) is 21.1 Å². The van der Waals surface area contributed by atoms with Gasteiger partial charge in [0.2, 0.25) is 17.0 Å². The minimum Gasteiger partial charge on any atom is -0.494 e. The highest BCUT2D eigenvalue weighted by Gasteiger charge is 2.36. The van der Waals surface area contributed by atoms with Crippen molar-refractivity contribution in [3.63, 3.8) is 0 Å². The standard InChI is InChI=1S/C28H20ClFN4O5S/c1-2-38-18-10-8-17(9-11-18)32-24(35)15-34-26(36)23(40-28(34)37)13-20-19-6-4-3-5-16(19)7-12-22(20)39-25-21(30)14-31-27(29)33-25/h3-14H,2,15H2,1H3,(H,32,35)/b23-13+. The Kier molecular flexibility index (Phi) is 7.94. The fraction of sp³-hybridized carbons (Fsp3) is 0.107. The summed E-state index contributed by atoms with van der Waals surface area (Å²) in [5.74, 6) is -1.59. The highest BCUT2D eigenvalue weighted by atomic mass is 35.5. The van der Waals surface area contributed by atoms with Crippen LogP contribution in [0, 0.1) is 5.82 Å². The van der Waals surface area contributed by atoms with Crippen LogP contribution in [-0.4, -0.2) is 45.1 Å². The van der Waals surface area contributed by atoms with Crippen LogP contribution in [0.1, 0.15) is 12.5 Å². The second-order valence-electron chi connectivity index (χ2n) is 8.37. The second-order valence-corrected chi connectivity index (χ2v) is 9.70. The van der Waals surface area contributed by atoms with E-state index in [2.05, 4.69) is 15.3 Å². The van der Waals surface area contributed by atoms with E-state index in [1.165, 1.54) is 6.08 Å². The number of benzene rings is 3. The van der Waals surface area contributed by atoms with Crippen molar-refractivity contribution in [1.82, 2.24) is 14.9 Å². The number of nitrogens with zero attached hydrogens (tertiary/aromatic N) is 3. The SMILES string of the molecule is CCOc1ccc(NC(=O)CN2C(=O)S/C(=C/c3c(Oc4nc(Cl)ncc4F)ccc4ccccc34)C2=O)cc1. The number of nitrogens with one attached hydrogen (secondary N) is 1. The van der Waals surface area contributed by atoms with Crippen LogP contribution in [0.25, 0.3) is 16.8 Å². The number of thioether (sulfide) groups is 1. The Hall–Kier alpha value is -4.48. The summed E-state index contributed by atoms with van der Waals surface area (Å²) >= 11 is 6.50. The minimum absolute atomic E-state index is 0.0706.